The van der Waals surface area contributed by atoms with Crippen LogP contribution in [0.25, 0.3) is 6.08 Å². The second-order valence-electron chi connectivity index (χ2n) is 9.58. The highest BCUT2D eigenvalue weighted by Gasteiger charge is 2.55. The second kappa shape index (κ2) is 8.14. The topological polar surface area (TPSA) is 63.6 Å². The Morgan fingerprint density at radius 3 is 2.55 bits per heavy atom. The Hall–Kier alpha value is -4.72. The van der Waals surface area contributed by atoms with Gasteiger partial charge in [0, 0.05) is 17.8 Å². The first-order chi connectivity index (χ1) is 18.5. The summed E-state index contributed by atoms with van der Waals surface area (Å²) in [6, 6.07) is 21.3. The van der Waals surface area contributed by atoms with E-state index in [9.17, 15) is 14.0 Å². The van der Waals surface area contributed by atoms with Crippen LogP contribution in [0, 0.1) is 11.6 Å². The predicted molar refractivity (Wildman–Crippen MR) is 137 cm³/mol. The maximum Gasteiger partial charge on any atom is 0.275 e. The van der Waals surface area contributed by atoms with Gasteiger partial charge in [-0.1, -0.05) is 60.7 Å². The zero-order chi connectivity index (χ0) is 26.0. The Morgan fingerprint density at radius 1 is 0.921 bits per heavy atom. The third kappa shape index (κ3) is 2.97. The van der Waals surface area contributed by atoms with E-state index in [1.165, 1.54) is 12.3 Å². The highest BCUT2D eigenvalue weighted by Crippen LogP contribution is 2.55. The molecule has 0 bridgehead atoms. The van der Waals surface area contributed by atoms with Crippen LogP contribution in [0.1, 0.15) is 38.3 Å². The minimum absolute atomic E-state index is 0.0498. The Kier molecular flexibility index (Phi) is 4.82. The van der Waals surface area contributed by atoms with Crippen LogP contribution in [0.15, 0.2) is 89.4 Å². The molecule has 4 aromatic rings. The summed E-state index contributed by atoms with van der Waals surface area (Å²) in [4.78, 5) is 26.2. The van der Waals surface area contributed by atoms with Crippen molar-refractivity contribution in [1.29, 1.82) is 0 Å². The molecule has 1 aromatic heterocycles. The molecule has 2 aliphatic carbocycles. The lowest BCUT2D eigenvalue weighted by molar-refractivity contribution is 0.0908. The van der Waals surface area contributed by atoms with Crippen LogP contribution in [0.2, 0.25) is 0 Å². The number of carbonyl (C=O) groups is 1. The summed E-state index contributed by atoms with van der Waals surface area (Å²) in [6.45, 7) is 0.170. The van der Waals surface area contributed by atoms with Crippen LogP contribution in [0.4, 0.5) is 8.78 Å². The minimum atomic E-state index is -1.02. The van der Waals surface area contributed by atoms with Gasteiger partial charge >= 0.3 is 0 Å². The average molecular weight is 510 g/mol. The molecule has 3 aromatic carbocycles. The first kappa shape index (κ1) is 22.5. The van der Waals surface area contributed by atoms with Gasteiger partial charge in [0.05, 0.1) is 0 Å². The van der Waals surface area contributed by atoms with Crippen LogP contribution in [-0.4, -0.2) is 17.3 Å². The zero-order valence-corrected chi connectivity index (χ0v) is 20.1. The molecule has 1 unspecified atom stereocenters. The maximum absolute atomic E-state index is 15.1. The molecule has 1 atom stereocenters. The summed E-state index contributed by atoms with van der Waals surface area (Å²) in [6.07, 6.45) is 3.78. The van der Waals surface area contributed by atoms with Crippen molar-refractivity contribution >= 4 is 12.0 Å². The number of halogens is 2. The van der Waals surface area contributed by atoms with Crippen LogP contribution >= 0.6 is 0 Å². The van der Waals surface area contributed by atoms with E-state index in [0.29, 0.717) is 12.0 Å². The molecule has 1 aliphatic heterocycles. The first-order valence-electron chi connectivity index (χ1n) is 12.3. The van der Waals surface area contributed by atoms with E-state index in [-0.39, 0.29) is 30.3 Å². The number of hydrogen-bond donors (Lipinski definition) is 1. The van der Waals surface area contributed by atoms with Gasteiger partial charge in [0.2, 0.25) is 5.43 Å². The van der Waals surface area contributed by atoms with E-state index in [4.69, 9.17) is 4.74 Å². The number of aromatic nitrogens is 1. The molecule has 0 fully saturated rings. The van der Waals surface area contributed by atoms with Crippen LogP contribution < -0.4 is 20.5 Å². The van der Waals surface area contributed by atoms with Gasteiger partial charge in [0.25, 0.3) is 5.91 Å². The molecule has 8 heteroatoms. The summed E-state index contributed by atoms with van der Waals surface area (Å²) in [5.41, 5.74) is 3.02. The first-order valence-corrected chi connectivity index (χ1v) is 12.3. The van der Waals surface area contributed by atoms with Gasteiger partial charge < -0.3 is 10.1 Å². The third-order valence-electron chi connectivity index (χ3n) is 7.61. The number of nitrogens with one attached hydrogen (secondary N) is 1. The third-order valence-corrected chi connectivity index (χ3v) is 7.61. The molecular formula is C30H21F2N3O3. The summed E-state index contributed by atoms with van der Waals surface area (Å²) >= 11 is 0. The Morgan fingerprint density at radius 2 is 1.71 bits per heavy atom. The van der Waals surface area contributed by atoms with E-state index in [1.54, 1.807) is 16.8 Å². The average Bonchev–Trinajstić information content (AvgIpc) is 3.43. The molecule has 1 amide bonds. The summed E-state index contributed by atoms with van der Waals surface area (Å²) < 4.78 is 36.9. The number of pyridine rings is 1. The molecule has 0 spiro atoms. The standard InChI is InChI=1S/C30H21F2N3O3/c31-24-11-10-23-21(26(24)32)15-20-14-19-8-4-5-9-22(19)30(20,23)35-17-33-29(37)27-28(25(36)12-13-34(27)35)38-16-18-6-2-1-3-7-18/h1-13,15H,14,16-17H2,(H,33,37). The predicted octanol–water partition coefficient (Wildman–Crippen LogP) is 4.24. The lowest BCUT2D eigenvalue weighted by Crippen LogP contribution is -2.61. The number of rotatable bonds is 4. The number of ether oxygens (including phenoxy) is 1. The van der Waals surface area contributed by atoms with Gasteiger partial charge in [-0.25, -0.2) is 8.78 Å². The Balaban J connectivity index is 1.44. The molecule has 2 heterocycles. The molecule has 7 rings (SSSR count). The van der Waals surface area contributed by atoms with Crippen molar-refractivity contribution in [3.63, 3.8) is 0 Å². The van der Waals surface area contributed by atoms with E-state index in [0.717, 1.165) is 28.3 Å². The quantitative estimate of drug-likeness (QED) is 0.447. The molecule has 1 N–H and O–H groups in total. The van der Waals surface area contributed by atoms with Gasteiger partial charge in [0.1, 0.15) is 18.8 Å². The normalized spacial score (nSPS) is 18.7. The van der Waals surface area contributed by atoms with Gasteiger partial charge in [-0.15, -0.1) is 0 Å². The van der Waals surface area contributed by atoms with Gasteiger partial charge in [-0.05, 0) is 46.4 Å². The molecule has 0 radical (unpaired) electrons. The number of fused-ring (bicyclic) bond motifs is 6. The number of hydrogen-bond acceptors (Lipinski definition) is 4. The van der Waals surface area contributed by atoms with Crippen LogP contribution in [-0.2, 0) is 18.6 Å². The maximum atomic E-state index is 15.1. The Labute approximate surface area is 216 Å². The van der Waals surface area contributed by atoms with Crippen LogP contribution in [0.3, 0.4) is 0 Å². The number of nitrogens with zero attached hydrogens (tertiary/aromatic N) is 2. The summed E-state index contributed by atoms with van der Waals surface area (Å²) in [5, 5.41) is 4.77. The van der Waals surface area contributed by atoms with Crippen molar-refractivity contribution in [2.45, 2.75) is 18.6 Å². The molecule has 0 saturated carbocycles. The zero-order valence-electron chi connectivity index (χ0n) is 20.1. The molecule has 0 saturated heterocycles. The summed E-state index contributed by atoms with van der Waals surface area (Å²) in [5.74, 6) is -2.36. The lowest BCUT2D eigenvalue weighted by atomic mass is 9.83. The lowest BCUT2D eigenvalue weighted by Gasteiger charge is -2.47. The molecule has 188 valence electrons. The molecular weight excluding hydrogens is 488 g/mol. The minimum Gasteiger partial charge on any atom is -0.482 e. The highest BCUT2D eigenvalue weighted by atomic mass is 19.2. The van der Waals surface area contributed by atoms with Gasteiger partial charge in [0.15, 0.2) is 23.1 Å². The van der Waals surface area contributed by atoms with Crippen molar-refractivity contribution in [3.05, 3.63) is 140 Å². The van der Waals surface area contributed by atoms with E-state index in [1.807, 2.05) is 59.6 Å². The van der Waals surface area contributed by atoms with E-state index >= 15 is 4.39 Å². The van der Waals surface area contributed by atoms with Crippen molar-refractivity contribution < 1.29 is 18.3 Å². The smallest absolute Gasteiger partial charge is 0.275 e. The fraction of sp³-hybridized carbons (Fsp3) is 0.133. The Bertz CT molecular complexity index is 1730. The fourth-order valence-corrected chi connectivity index (χ4v) is 6.02. The second-order valence-corrected chi connectivity index (χ2v) is 9.58. The molecule has 38 heavy (non-hydrogen) atoms. The number of amides is 1. The fourth-order valence-electron chi connectivity index (χ4n) is 6.02. The van der Waals surface area contributed by atoms with E-state index < -0.39 is 28.5 Å². The molecule has 3 aliphatic rings. The largest absolute Gasteiger partial charge is 0.482 e. The highest BCUT2D eigenvalue weighted by molar-refractivity contribution is 5.96. The van der Waals surface area contributed by atoms with Gasteiger partial charge in [-0.3, -0.25) is 19.3 Å². The van der Waals surface area contributed by atoms with E-state index in [2.05, 4.69) is 5.32 Å². The van der Waals surface area contributed by atoms with Crippen molar-refractivity contribution in [2.75, 3.05) is 11.7 Å². The van der Waals surface area contributed by atoms with Gasteiger partial charge in [-0.2, -0.15) is 0 Å². The van der Waals surface area contributed by atoms with Crippen molar-refractivity contribution in [2.24, 2.45) is 0 Å². The number of benzene rings is 3. The monoisotopic (exact) mass is 509 g/mol. The van der Waals surface area contributed by atoms with Crippen molar-refractivity contribution in [1.82, 2.24) is 9.99 Å². The van der Waals surface area contributed by atoms with Crippen molar-refractivity contribution in [3.8, 4) is 5.75 Å². The SMILES string of the molecule is O=C1NCN(C23C(=Cc4c2ccc(F)c4F)Cc2ccccc23)n2ccc(=O)c(OCc3ccccc3)c21. The van der Waals surface area contributed by atoms with Crippen LogP contribution in [0.5, 0.6) is 5.75 Å². The molecule has 6 nitrogen and oxygen atoms in total. The summed E-state index contributed by atoms with van der Waals surface area (Å²) in [7, 11) is 0. The number of carbonyl (C=O) groups excluding carboxylic acids is 1.